The van der Waals surface area contributed by atoms with Crippen molar-refractivity contribution >= 4 is 11.8 Å². The van der Waals surface area contributed by atoms with Crippen molar-refractivity contribution in [1.29, 1.82) is 0 Å². The second kappa shape index (κ2) is 8.99. The van der Waals surface area contributed by atoms with E-state index in [-0.39, 0.29) is 24.9 Å². The molecule has 0 amide bonds. The summed E-state index contributed by atoms with van der Waals surface area (Å²) in [6.45, 7) is 4.01. The monoisotopic (exact) mass is 325 g/mol. The Bertz CT molecular complexity index is 655. The summed E-state index contributed by atoms with van der Waals surface area (Å²) >= 11 is 0. The molecule has 1 N–H and O–H groups in total. The summed E-state index contributed by atoms with van der Waals surface area (Å²) in [5.74, 6) is -0.481. The van der Waals surface area contributed by atoms with E-state index in [9.17, 15) is 9.59 Å². The lowest BCUT2D eigenvalue weighted by molar-refractivity contribution is -0.145. The summed E-state index contributed by atoms with van der Waals surface area (Å²) in [5.41, 5.74) is 1.65. The number of nitrogens with one attached hydrogen (secondary N) is 1. The second-order valence-electron chi connectivity index (χ2n) is 5.60. The van der Waals surface area contributed by atoms with Gasteiger partial charge in [0.2, 0.25) is 0 Å². The van der Waals surface area contributed by atoms with Gasteiger partial charge in [-0.15, -0.1) is 0 Å². The molecule has 0 radical (unpaired) electrons. The highest BCUT2D eigenvalue weighted by molar-refractivity contribution is 5.98. The van der Waals surface area contributed by atoms with E-state index in [1.54, 1.807) is 19.1 Å². The molecule has 0 aliphatic carbocycles. The van der Waals surface area contributed by atoms with Crippen LogP contribution in [0.3, 0.4) is 0 Å². The summed E-state index contributed by atoms with van der Waals surface area (Å²) < 4.78 is 5.12. The summed E-state index contributed by atoms with van der Waals surface area (Å²) in [4.78, 5) is 24.7. The van der Waals surface area contributed by atoms with Crippen molar-refractivity contribution in [3.63, 3.8) is 0 Å². The van der Waals surface area contributed by atoms with Gasteiger partial charge in [-0.05, 0) is 19.4 Å². The van der Waals surface area contributed by atoms with Gasteiger partial charge in [0.25, 0.3) is 0 Å². The van der Waals surface area contributed by atoms with Crippen molar-refractivity contribution in [3.05, 3.63) is 71.8 Å². The van der Waals surface area contributed by atoms with Gasteiger partial charge >= 0.3 is 5.97 Å². The van der Waals surface area contributed by atoms with Crippen LogP contribution in [0.2, 0.25) is 0 Å². The largest absolute Gasteiger partial charge is 0.465 e. The molecular formula is C20H23NO3. The predicted molar refractivity (Wildman–Crippen MR) is 93.8 cm³/mol. The third kappa shape index (κ3) is 5.03. The topological polar surface area (TPSA) is 55.4 Å². The van der Waals surface area contributed by atoms with Crippen LogP contribution in [-0.4, -0.2) is 24.4 Å². The quantitative estimate of drug-likeness (QED) is 0.596. The molecular weight excluding hydrogens is 302 g/mol. The first-order valence-corrected chi connectivity index (χ1v) is 8.17. The van der Waals surface area contributed by atoms with Gasteiger partial charge in [0.1, 0.15) is 6.04 Å². The van der Waals surface area contributed by atoms with Crippen molar-refractivity contribution in [3.8, 4) is 0 Å². The average Bonchev–Trinajstić information content (AvgIpc) is 2.62. The summed E-state index contributed by atoms with van der Waals surface area (Å²) in [6.07, 6.45) is 0.0695. The van der Waals surface area contributed by atoms with Gasteiger partial charge in [-0.1, -0.05) is 60.7 Å². The van der Waals surface area contributed by atoms with E-state index in [2.05, 4.69) is 5.32 Å². The van der Waals surface area contributed by atoms with Crippen molar-refractivity contribution in [2.75, 3.05) is 6.61 Å². The maximum Gasteiger partial charge on any atom is 0.323 e. The smallest absolute Gasteiger partial charge is 0.323 e. The minimum atomic E-state index is -0.673. The van der Waals surface area contributed by atoms with Crippen molar-refractivity contribution in [2.24, 2.45) is 0 Å². The number of ketones is 1. The Labute approximate surface area is 142 Å². The van der Waals surface area contributed by atoms with E-state index >= 15 is 0 Å². The zero-order valence-corrected chi connectivity index (χ0v) is 14.1. The first kappa shape index (κ1) is 17.9. The number of carbonyl (C=O) groups is 2. The molecule has 0 aliphatic heterocycles. The van der Waals surface area contributed by atoms with E-state index in [1.807, 2.05) is 55.5 Å². The number of hydrogen-bond donors (Lipinski definition) is 1. The van der Waals surface area contributed by atoms with Crippen LogP contribution in [0.25, 0.3) is 0 Å². The molecule has 0 aliphatic rings. The molecule has 2 rings (SSSR count). The molecule has 2 aromatic carbocycles. The number of benzene rings is 2. The van der Waals surface area contributed by atoms with E-state index in [0.29, 0.717) is 5.56 Å². The number of rotatable bonds is 8. The molecule has 1 unspecified atom stereocenters. The zero-order valence-electron chi connectivity index (χ0n) is 14.1. The Kier molecular flexibility index (Phi) is 6.70. The number of ether oxygens (including phenoxy) is 1. The maximum atomic E-state index is 12.4. The fourth-order valence-corrected chi connectivity index (χ4v) is 2.52. The standard InChI is InChI=1S/C20H23NO3/c1-3-24-20(23)18(14-19(22)17-12-8-5-9-13-17)21-15(2)16-10-6-4-7-11-16/h4-13,15,18,21H,3,14H2,1-2H3/t15-,18?/m0/s1. The zero-order chi connectivity index (χ0) is 17.4. The molecule has 0 fully saturated rings. The Morgan fingerprint density at radius 3 is 2.17 bits per heavy atom. The summed E-state index contributed by atoms with van der Waals surface area (Å²) in [5, 5.41) is 3.22. The van der Waals surface area contributed by atoms with Gasteiger partial charge in [0, 0.05) is 18.0 Å². The summed E-state index contributed by atoms with van der Waals surface area (Å²) in [7, 11) is 0. The fraction of sp³-hybridized carbons (Fsp3) is 0.300. The van der Waals surface area contributed by atoms with Crippen LogP contribution in [0.4, 0.5) is 0 Å². The highest BCUT2D eigenvalue weighted by Crippen LogP contribution is 2.15. The SMILES string of the molecule is CCOC(=O)C(CC(=O)c1ccccc1)N[C@@H](C)c1ccccc1. The van der Waals surface area contributed by atoms with Gasteiger partial charge in [-0.2, -0.15) is 0 Å². The molecule has 0 bridgehead atoms. The molecule has 2 atom stereocenters. The molecule has 0 spiro atoms. The first-order chi connectivity index (χ1) is 11.6. The van der Waals surface area contributed by atoms with Crippen molar-refractivity contribution in [1.82, 2.24) is 5.32 Å². The van der Waals surface area contributed by atoms with Gasteiger partial charge in [-0.3, -0.25) is 14.9 Å². The van der Waals surface area contributed by atoms with Crippen molar-refractivity contribution < 1.29 is 14.3 Å². The molecule has 0 saturated heterocycles. The van der Waals surface area contributed by atoms with Gasteiger partial charge in [0.15, 0.2) is 5.78 Å². The molecule has 0 aromatic heterocycles. The number of hydrogen-bond acceptors (Lipinski definition) is 4. The Morgan fingerprint density at radius 2 is 1.58 bits per heavy atom. The van der Waals surface area contributed by atoms with Gasteiger partial charge in [0.05, 0.1) is 6.61 Å². The number of carbonyl (C=O) groups excluding carboxylic acids is 2. The second-order valence-corrected chi connectivity index (χ2v) is 5.60. The molecule has 2 aromatic rings. The highest BCUT2D eigenvalue weighted by Gasteiger charge is 2.25. The van der Waals surface area contributed by atoms with Crippen LogP contribution in [0.5, 0.6) is 0 Å². The lowest BCUT2D eigenvalue weighted by Crippen LogP contribution is -2.41. The van der Waals surface area contributed by atoms with Crippen LogP contribution < -0.4 is 5.32 Å². The highest BCUT2D eigenvalue weighted by atomic mass is 16.5. The number of esters is 1. The van der Waals surface area contributed by atoms with E-state index in [1.165, 1.54) is 0 Å². The van der Waals surface area contributed by atoms with Crippen LogP contribution in [0, 0.1) is 0 Å². The van der Waals surface area contributed by atoms with Crippen LogP contribution in [0.1, 0.15) is 42.2 Å². The molecule has 0 saturated carbocycles. The Hall–Kier alpha value is -2.46. The van der Waals surface area contributed by atoms with Gasteiger partial charge < -0.3 is 4.74 Å². The molecule has 126 valence electrons. The maximum absolute atomic E-state index is 12.4. The first-order valence-electron chi connectivity index (χ1n) is 8.17. The predicted octanol–water partition coefficient (Wildman–Crippen LogP) is 3.54. The fourth-order valence-electron chi connectivity index (χ4n) is 2.52. The lowest BCUT2D eigenvalue weighted by Gasteiger charge is -2.22. The van der Waals surface area contributed by atoms with Crippen LogP contribution in [-0.2, 0) is 9.53 Å². The normalized spacial score (nSPS) is 13.1. The van der Waals surface area contributed by atoms with E-state index < -0.39 is 12.0 Å². The lowest BCUT2D eigenvalue weighted by atomic mass is 10.0. The average molecular weight is 325 g/mol. The molecule has 24 heavy (non-hydrogen) atoms. The van der Waals surface area contributed by atoms with E-state index in [4.69, 9.17) is 4.74 Å². The molecule has 4 heteroatoms. The third-order valence-electron chi connectivity index (χ3n) is 3.81. The molecule has 0 heterocycles. The molecule has 4 nitrogen and oxygen atoms in total. The minimum absolute atomic E-state index is 0.0656. The van der Waals surface area contributed by atoms with E-state index in [0.717, 1.165) is 5.56 Å². The number of Topliss-reactive ketones (excluding diaryl/α,β-unsaturated/α-hetero) is 1. The summed E-state index contributed by atoms with van der Waals surface area (Å²) in [6, 6.07) is 18.1. The van der Waals surface area contributed by atoms with Gasteiger partial charge in [-0.25, -0.2) is 0 Å². The Balaban J connectivity index is 2.10. The van der Waals surface area contributed by atoms with Crippen molar-refractivity contribution in [2.45, 2.75) is 32.4 Å². The van der Waals surface area contributed by atoms with Crippen LogP contribution >= 0.6 is 0 Å². The minimum Gasteiger partial charge on any atom is -0.465 e. The van der Waals surface area contributed by atoms with Crippen LogP contribution in [0.15, 0.2) is 60.7 Å². The third-order valence-corrected chi connectivity index (χ3v) is 3.81. The Morgan fingerprint density at radius 1 is 1.00 bits per heavy atom.